The van der Waals surface area contributed by atoms with Gasteiger partial charge in [-0.3, -0.25) is 4.99 Å². The molecule has 150 valence electrons. The fourth-order valence-corrected chi connectivity index (χ4v) is 2.96. The monoisotopic (exact) mass is 392 g/mol. The molecule has 0 radical (unpaired) electrons. The Morgan fingerprint density at radius 2 is 1.86 bits per heavy atom. The molecule has 29 heavy (non-hydrogen) atoms. The van der Waals surface area contributed by atoms with Gasteiger partial charge in [0.1, 0.15) is 0 Å². The van der Waals surface area contributed by atoms with E-state index in [1.807, 2.05) is 30.3 Å². The summed E-state index contributed by atoms with van der Waals surface area (Å²) >= 11 is 0. The quantitative estimate of drug-likeness (QED) is 0.516. The zero-order valence-electron chi connectivity index (χ0n) is 16.6. The van der Waals surface area contributed by atoms with Crippen molar-refractivity contribution in [2.24, 2.45) is 4.99 Å². The second-order valence-electron chi connectivity index (χ2n) is 6.75. The fourth-order valence-electron chi connectivity index (χ4n) is 2.96. The van der Waals surface area contributed by atoms with Crippen LogP contribution in [0.3, 0.4) is 0 Å². The molecule has 0 atom stereocenters. The molecule has 1 aliphatic rings. The van der Waals surface area contributed by atoms with Gasteiger partial charge in [-0.2, -0.15) is 0 Å². The van der Waals surface area contributed by atoms with E-state index in [1.165, 1.54) is 5.56 Å². The molecule has 0 aliphatic carbocycles. The number of hydrogen-bond acceptors (Lipinski definition) is 5. The molecule has 0 fully saturated rings. The first-order valence-electron chi connectivity index (χ1n) is 9.60. The van der Waals surface area contributed by atoms with Gasteiger partial charge in [0.05, 0.1) is 26.0 Å². The number of ether oxygens (including phenoxy) is 2. The van der Waals surface area contributed by atoms with Crippen LogP contribution >= 0.6 is 0 Å². The maximum Gasteiger partial charge on any atom is 0.214 e. The van der Waals surface area contributed by atoms with Crippen molar-refractivity contribution in [2.75, 3.05) is 25.6 Å². The number of rotatable bonds is 4. The van der Waals surface area contributed by atoms with Crippen molar-refractivity contribution in [3.05, 3.63) is 60.1 Å². The minimum Gasteiger partial charge on any atom is -0.490 e. The minimum absolute atomic E-state index is 0.413. The van der Waals surface area contributed by atoms with Crippen LogP contribution in [0.15, 0.2) is 58.1 Å². The van der Waals surface area contributed by atoms with Crippen LogP contribution in [-0.2, 0) is 6.54 Å². The van der Waals surface area contributed by atoms with Gasteiger partial charge in [0, 0.05) is 30.8 Å². The highest BCUT2D eigenvalue weighted by atomic mass is 16.5. The van der Waals surface area contributed by atoms with Crippen molar-refractivity contribution >= 4 is 11.6 Å². The molecule has 3 aromatic rings. The molecule has 0 saturated heterocycles. The zero-order chi connectivity index (χ0) is 20.1. The molecule has 0 spiro atoms. The summed E-state index contributed by atoms with van der Waals surface area (Å²) in [6, 6.07) is 13.9. The van der Waals surface area contributed by atoms with Gasteiger partial charge in [-0.25, -0.2) is 4.98 Å². The lowest BCUT2D eigenvalue weighted by molar-refractivity contribution is 0.297. The summed E-state index contributed by atoms with van der Waals surface area (Å²) in [7, 11) is 1.71. The Hall–Kier alpha value is -3.48. The number of oxazole rings is 1. The van der Waals surface area contributed by atoms with Gasteiger partial charge in [0.25, 0.3) is 0 Å². The summed E-state index contributed by atoms with van der Waals surface area (Å²) in [5.41, 5.74) is 3.07. The average molecular weight is 392 g/mol. The highest BCUT2D eigenvalue weighted by molar-refractivity contribution is 5.93. The summed E-state index contributed by atoms with van der Waals surface area (Å²) in [6.45, 7) is 3.79. The molecule has 1 aromatic heterocycles. The van der Waals surface area contributed by atoms with Gasteiger partial charge in [-0.15, -0.1) is 0 Å². The number of nitrogens with zero attached hydrogens (tertiary/aromatic N) is 2. The second kappa shape index (κ2) is 8.68. The summed E-state index contributed by atoms with van der Waals surface area (Å²) in [4.78, 5) is 8.60. The Kier molecular flexibility index (Phi) is 5.65. The lowest BCUT2D eigenvalue weighted by atomic mass is 10.1. The van der Waals surface area contributed by atoms with E-state index in [4.69, 9.17) is 13.9 Å². The van der Waals surface area contributed by atoms with Crippen LogP contribution in [-0.4, -0.2) is 31.2 Å². The third-order valence-corrected chi connectivity index (χ3v) is 4.53. The Labute approximate surface area is 169 Å². The van der Waals surface area contributed by atoms with E-state index < -0.39 is 0 Å². The van der Waals surface area contributed by atoms with Crippen molar-refractivity contribution in [1.82, 2.24) is 10.3 Å². The number of hydrogen-bond donors (Lipinski definition) is 2. The predicted molar refractivity (Wildman–Crippen MR) is 113 cm³/mol. The summed E-state index contributed by atoms with van der Waals surface area (Å²) < 4.78 is 17.3. The van der Waals surface area contributed by atoms with E-state index in [0.29, 0.717) is 31.6 Å². The lowest BCUT2D eigenvalue weighted by Crippen LogP contribution is -2.30. The molecular formula is C22H24N4O3. The van der Waals surface area contributed by atoms with Crippen molar-refractivity contribution in [3.8, 4) is 22.8 Å². The van der Waals surface area contributed by atoms with E-state index in [1.54, 1.807) is 13.2 Å². The number of aliphatic imine (C=N–C) groups is 1. The maximum atomic E-state index is 5.85. The van der Waals surface area contributed by atoms with Gasteiger partial charge in [0.15, 0.2) is 23.2 Å². The summed E-state index contributed by atoms with van der Waals surface area (Å²) in [5, 5.41) is 6.46. The molecule has 0 saturated carbocycles. The lowest BCUT2D eigenvalue weighted by Gasteiger charge is -2.13. The van der Waals surface area contributed by atoms with Gasteiger partial charge in [0.2, 0.25) is 5.89 Å². The van der Waals surface area contributed by atoms with Crippen molar-refractivity contribution in [2.45, 2.75) is 19.9 Å². The van der Waals surface area contributed by atoms with E-state index in [2.05, 4.69) is 39.7 Å². The molecule has 2 heterocycles. The molecule has 1 aliphatic heterocycles. The number of nitrogens with one attached hydrogen (secondary N) is 2. The Morgan fingerprint density at radius 1 is 1.07 bits per heavy atom. The Morgan fingerprint density at radius 3 is 2.66 bits per heavy atom. The van der Waals surface area contributed by atoms with E-state index in [0.717, 1.165) is 34.9 Å². The number of benzene rings is 2. The van der Waals surface area contributed by atoms with Crippen LogP contribution in [0.4, 0.5) is 5.69 Å². The number of anilines is 1. The third-order valence-electron chi connectivity index (χ3n) is 4.53. The van der Waals surface area contributed by atoms with E-state index in [9.17, 15) is 0 Å². The fraction of sp³-hybridized carbons (Fsp3) is 0.273. The van der Waals surface area contributed by atoms with Crippen LogP contribution in [0.25, 0.3) is 11.3 Å². The number of guanidine groups is 1. The van der Waals surface area contributed by atoms with Crippen LogP contribution < -0.4 is 20.1 Å². The van der Waals surface area contributed by atoms with Crippen molar-refractivity contribution in [3.63, 3.8) is 0 Å². The van der Waals surface area contributed by atoms with Crippen LogP contribution in [0.5, 0.6) is 11.5 Å². The maximum absolute atomic E-state index is 5.85. The van der Waals surface area contributed by atoms with Gasteiger partial charge in [-0.05, 0) is 19.1 Å². The molecule has 0 bridgehead atoms. The molecule has 4 rings (SSSR count). The number of aromatic nitrogens is 1. The SMILES string of the molecule is CN=C(NCc1ncc(-c2ccc(C)cc2)o1)Nc1ccc2c(c1)OCCCO2. The zero-order valence-corrected chi connectivity index (χ0v) is 16.6. The highest BCUT2D eigenvalue weighted by Gasteiger charge is 2.12. The smallest absolute Gasteiger partial charge is 0.214 e. The summed E-state index contributed by atoms with van der Waals surface area (Å²) in [6.07, 6.45) is 2.61. The van der Waals surface area contributed by atoms with E-state index >= 15 is 0 Å². The average Bonchev–Trinajstić information content (AvgIpc) is 3.09. The number of aryl methyl sites for hydroxylation is 1. The molecule has 7 heteroatoms. The summed E-state index contributed by atoms with van der Waals surface area (Å²) in [5.74, 6) is 3.43. The largest absolute Gasteiger partial charge is 0.490 e. The first-order valence-corrected chi connectivity index (χ1v) is 9.60. The Bertz CT molecular complexity index is 996. The molecule has 2 N–H and O–H groups in total. The standard InChI is InChI=1S/C22H24N4O3/c1-15-4-6-16(7-5-15)20-13-24-21(29-20)14-25-22(23-2)26-17-8-9-18-19(12-17)28-11-3-10-27-18/h4-9,12-13H,3,10-11,14H2,1-2H3,(H2,23,25,26). The van der Waals surface area contributed by atoms with Crippen LogP contribution in [0.2, 0.25) is 0 Å². The first kappa shape index (κ1) is 18.9. The van der Waals surface area contributed by atoms with Crippen LogP contribution in [0, 0.1) is 6.92 Å². The third kappa shape index (κ3) is 4.68. The van der Waals surface area contributed by atoms with Gasteiger partial charge in [-0.1, -0.05) is 29.8 Å². The van der Waals surface area contributed by atoms with Gasteiger partial charge < -0.3 is 24.5 Å². The number of fused-ring (bicyclic) bond motifs is 1. The first-order chi connectivity index (χ1) is 14.2. The molecule has 0 unspecified atom stereocenters. The molecular weight excluding hydrogens is 368 g/mol. The minimum atomic E-state index is 0.413. The second-order valence-corrected chi connectivity index (χ2v) is 6.75. The topological polar surface area (TPSA) is 80.9 Å². The predicted octanol–water partition coefficient (Wildman–Crippen LogP) is 4.00. The molecule has 2 aromatic carbocycles. The van der Waals surface area contributed by atoms with E-state index in [-0.39, 0.29) is 0 Å². The highest BCUT2D eigenvalue weighted by Crippen LogP contribution is 2.32. The Balaban J connectivity index is 1.38. The molecule has 0 amide bonds. The van der Waals surface area contributed by atoms with Crippen LogP contribution in [0.1, 0.15) is 17.9 Å². The normalized spacial score (nSPS) is 13.7. The van der Waals surface area contributed by atoms with Gasteiger partial charge >= 0.3 is 0 Å². The van der Waals surface area contributed by atoms with Crippen molar-refractivity contribution < 1.29 is 13.9 Å². The molecule has 7 nitrogen and oxygen atoms in total. The van der Waals surface area contributed by atoms with Crippen molar-refractivity contribution in [1.29, 1.82) is 0 Å².